The zero-order valence-electron chi connectivity index (χ0n) is 14.5. The van der Waals surface area contributed by atoms with E-state index in [0.29, 0.717) is 13.0 Å². The van der Waals surface area contributed by atoms with Gasteiger partial charge in [-0.1, -0.05) is 42.8 Å². The third-order valence-corrected chi connectivity index (χ3v) is 4.43. The van der Waals surface area contributed by atoms with Gasteiger partial charge in [-0.3, -0.25) is 4.79 Å². The van der Waals surface area contributed by atoms with Crippen LogP contribution < -0.4 is 5.32 Å². The number of imidazole rings is 1. The lowest BCUT2D eigenvalue weighted by Gasteiger charge is -2.16. The molecule has 0 aliphatic heterocycles. The number of nitrogens with zero attached hydrogens (tertiary/aromatic N) is 2. The lowest BCUT2D eigenvalue weighted by molar-refractivity contribution is -0.121. The Morgan fingerprint density at radius 3 is 2.64 bits per heavy atom. The second-order valence-electron chi connectivity index (χ2n) is 6.21. The molecule has 0 saturated heterocycles. The predicted molar refractivity (Wildman–Crippen MR) is 102 cm³/mol. The predicted octanol–water partition coefficient (Wildman–Crippen LogP) is 4.72. The van der Waals surface area contributed by atoms with Crippen LogP contribution in [0.3, 0.4) is 0 Å². The molecule has 130 valence electrons. The summed E-state index contributed by atoms with van der Waals surface area (Å²) in [6, 6.07) is 15.7. The quantitative estimate of drug-likeness (QED) is 0.695. The molecule has 3 rings (SSSR count). The van der Waals surface area contributed by atoms with Crippen molar-refractivity contribution in [1.82, 2.24) is 14.9 Å². The number of aromatic nitrogens is 2. The Bertz CT molecular complexity index is 870. The number of carbonyl (C=O) groups is 1. The molecule has 1 aromatic heterocycles. The van der Waals surface area contributed by atoms with Gasteiger partial charge in [0.15, 0.2) is 0 Å². The van der Waals surface area contributed by atoms with Crippen molar-refractivity contribution in [3.63, 3.8) is 0 Å². The molecule has 0 saturated carbocycles. The molecule has 4 nitrogen and oxygen atoms in total. The Kier molecular flexibility index (Phi) is 5.39. The second-order valence-corrected chi connectivity index (χ2v) is 6.65. The standard InChI is InChI=1S/C20H22ClN3O/c1-3-6-19(25)22-14(2)20-23-17-7-4-5-8-18(17)24(20)13-15-9-11-16(21)12-10-15/h4-5,7-12,14H,3,6,13H2,1-2H3,(H,22,25)/t14-/m1/s1. The van der Waals surface area contributed by atoms with Gasteiger partial charge in [-0.15, -0.1) is 0 Å². The van der Waals surface area contributed by atoms with Crippen LogP contribution in [0.4, 0.5) is 0 Å². The molecule has 1 atom stereocenters. The largest absolute Gasteiger partial charge is 0.346 e. The monoisotopic (exact) mass is 355 g/mol. The number of hydrogen-bond acceptors (Lipinski definition) is 2. The minimum absolute atomic E-state index is 0.0556. The maximum absolute atomic E-state index is 12.0. The first-order valence-corrected chi connectivity index (χ1v) is 8.95. The van der Waals surface area contributed by atoms with E-state index in [1.54, 1.807) is 0 Å². The summed E-state index contributed by atoms with van der Waals surface area (Å²) in [7, 11) is 0. The van der Waals surface area contributed by atoms with Gasteiger partial charge >= 0.3 is 0 Å². The average Bonchev–Trinajstić information content (AvgIpc) is 2.96. The summed E-state index contributed by atoms with van der Waals surface area (Å²) < 4.78 is 2.16. The van der Waals surface area contributed by atoms with Gasteiger partial charge in [-0.05, 0) is 43.2 Å². The zero-order valence-corrected chi connectivity index (χ0v) is 15.3. The van der Waals surface area contributed by atoms with E-state index in [9.17, 15) is 4.79 Å². The van der Waals surface area contributed by atoms with Gasteiger partial charge in [0.1, 0.15) is 5.82 Å². The molecule has 0 fully saturated rings. The first kappa shape index (κ1) is 17.5. The van der Waals surface area contributed by atoms with Crippen molar-refractivity contribution in [3.8, 4) is 0 Å². The van der Waals surface area contributed by atoms with Crippen LogP contribution >= 0.6 is 11.6 Å². The summed E-state index contributed by atoms with van der Waals surface area (Å²) >= 11 is 5.99. The number of carbonyl (C=O) groups excluding carboxylic acids is 1. The summed E-state index contributed by atoms with van der Waals surface area (Å²) in [6.07, 6.45) is 1.36. The number of benzene rings is 2. The molecule has 2 aromatic carbocycles. The highest BCUT2D eigenvalue weighted by Gasteiger charge is 2.18. The van der Waals surface area contributed by atoms with Crippen molar-refractivity contribution >= 4 is 28.5 Å². The third-order valence-electron chi connectivity index (χ3n) is 4.18. The van der Waals surface area contributed by atoms with Gasteiger partial charge < -0.3 is 9.88 Å². The Hall–Kier alpha value is -2.33. The fraction of sp³-hybridized carbons (Fsp3) is 0.300. The highest BCUT2D eigenvalue weighted by Crippen LogP contribution is 2.23. The number of nitrogens with one attached hydrogen (secondary N) is 1. The van der Waals surface area contributed by atoms with E-state index in [2.05, 4.69) is 16.0 Å². The lowest BCUT2D eigenvalue weighted by atomic mass is 10.2. The first-order valence-electron chi connectivity index (χ1n) is 8.57. The molecule has 0 bridgehead atoms. The number of halogens is 1. The van der Waals surface area contributed by atoms with Crippen LogP contribution in [0.15, 0.2) is 48.5 Å². The van der Waals surface area contributed by atoms with Crippen LogP contribution in [0.25, 0.3) is 11.0 Å². The summed E-state index contributed by atoms with van der Waals surface area (Å²) in [6.45, 7) is 4.66. The Morgan fingerprint density at radius 1 is 1.20 bits per heavy atom. The SMILES string of the molecule is CCCC(=O)N[C@H](C)c1nc2ccccc2n1Cc1ccc(Cl)cc1. The van der Waals surface area contributed by atoms with E-state index >= 15 is 0 Å². The number of hydrogen-bond donors (Lipinski definition) is 1. The van der Waals surface area contributed by atoms with Gasteiger partial charge in [0.25, 0.3) is 0 Å². The molecule has 0 spiro atoms. The molecule has 5 heteroatoms. The molecule has 0 radical (unpaired) electrons. The zero-order chi connectivity index (χ0) is 17.8. The number of rotatable bonds is 6. The highest BCUT2D eigenvalue weighted by molar-refractivity contribution is 6.30. The molecule has 1 N–H and O–H groups in total. The molecular formula is C20H22ClN3O. The third kappa shape index (κ3) is 4.02. The molecule has 0 aliphatic rings. The van der Waals surface area contributed by atoms with Gasteiger partial charge in [0.2, 0.25) is 5.91 Å². The maximum Gasteiger partial charge on any atom is 0.220 e. The molecule has 25 heavy (non-hydrogen) atoms. The van der Waals surface area contributed by atoms with Gasteiger partial charge in [-0.2, -0.15) is 0 Å². The van der Waals surface area contributed by atoms with Gasteiger partial charge in [-0.25, -0.2) is 4.98 Å². The van der Waals surface area contributed by atoms with E-state index < -0.39 is 0 Å². The Morgan fingerprint density at radius 2 is 1.92 bits per heavy atom. The fourth-order valence-electron chi connectivity index (χ4n) is 2.97. The molecule has 0 aliphatic carbocycles. The van der Waals surface area contributed by atoms with Crippen molar-refractivity contribution in [3.05, 3.63) is 64.9 Å². The lowest BCUT2D eigenvalue weighted by Crippen LogP contribution is -2.28. The van der Waals surface area contributed by atoms with Crippen molar-refractivity contribution in [1.29, 1.82) is 0 Å². The van der Waals surface area contributed by atoms with E-state index in [4.69, 9.17) is 16.6 Å². The molecule has 0 unspecified atom stereocenters. The molecular weight excluding hydrogens is 334 g/mol. The smallest absolute Gasteiger partial charge is 0.220 e. The maximum atomic E-state index is 12.0. The summed E-state index contributed by atoms with van der Waals surface area (Å²) in [5, 5.41) is 3.77. The molecule has 3 aromatic rings. The highest BCUT2D eigenvalue weighted by atomic mass is 35.5. The minimum atomic E-state index is -0.154. The molecule has 1 heterocycles. The van der Waals surface area contributed by atoms with Crippen molar-refractivity contribution in [2.45, 2.75) is 39.3 Å². The van der Waals surface area contributed by atoms with Gasteiger partial charge in [0.05, 0.1) is 17.1 Å². The van der Waals surface area contributed by atoms with Crippen LogP contribution in [-0.2, 0) is 11.3 Å². The topological polar surface area (TPSA) is 46.9 Å². The van der Waals surface area contributed by atoms with Crippen LogP contribution in [-0.4, -0.2) is 15.5 Å². The van der Waals surface area contributed by atoms with Crippen molar-refractivity contribution in [2.24, 2.45) is 0 Å². The number of amides is 1. The average molecular weight is 356 g/mol. The Labute approximate surface area is 152 Å². The number of fused-ring (bicyclic) bond motifs is 1. The first-order chi connectivity index (χ1) is 12.1. The number of para-hydroxylation sites is 2. The van der Waals surface area contributed by atoms with Crippen molar-refractivity contribution < 1.29 is 4.79 Å². The van der Waals surface area contributed by atoms with Crippen LogP contribution in [0.2, 0.25) is 5.02 Å². The summed E-state index contributed by atoms with van der Waals surface area (Å²) in [5.74, 6) is 0.917. The van der Waals surface area contributed by atoms with Crippen LogP contribution in [0.1, 0.15) is 44.1 Å². The van der Waals surface area contributed by atoms with Crippen LogP contribution in [0, 0.1) is 0 Å². The minimum Gasteiger partial charge on any atom is -0.346 e. The summed E-state index contributed by atoms with van der Waals surface area (Å²) in [5.41, 5.74) is 3.13. The van der Waals surface area contributed by atoms with E-state index in [1.165, 1.54) is 0 Å². The van der Waals surface area contributed by atoms with E-state index in [-0.39, 0.29) is 11.9 Å². The van der Waals surface area contributed by atoms with Crippen LogP contribution in [0.5, 0.6) is 0 Å². The van der Waals surface area contributed by atoms with Gasteiger partial charge in [0, 0.05) is 18.0 Å². The normalized spacial score (nSPS) is 12.3. The fourth-order valence-corrected chi connectivity index (χ4v) is 3.09. The molecule has 1 amide bonds. The summed E-state index contributed by atoms with van der Waals surface area (Å²) in [4.78, 5) is 16.7. The van der Waals surface area contributed by atoms with E-state index in [1.807, 2.05) is 56.3 Å². The Balaban J connectivity index is 1.96. The second kappa shape index (κ2) is 7.70. The van der Waals surface area contributed by atoms with Crippen molar-refractivity contribution in [2.75, 3.05) is 0 Å². The van der Waals surface area contributed by atoms with E-state index in [0.717, 1.165) is 33.9 Å².